The summed E-state index contributed by atoms with van der Waals surface area (Å²) in [4.78, 5) is 14.0. The molecule has 5 heteroatoms. The molecule has 0 atom stereocenters. The lowest BCUT2D eigenvalue weighted by Crippen LogP contribution is -2.25. The van der Waals surface area contributed by atoms with Gasteiger partial charge in [0.25, 0.3) is 6.43 Å². The van der Waals surface area contributed by atoms with Crippen LogP contribution in [0.2, 0.25) is 0 Å². The maximum atomic E-state index is 13.6. The van der Waals surface area contributed by atoms with Gasteiger partial charge in [0.05, 0.1) is 11.3 Å². The van der Waals surface area contributed by atoms with Crippen LogP contribution in [-0.2, 0) is 10.5 Å². The summed E-state index contributed by atoms with van der Waals surface area (Å²) >= 11 is 1.38. The van der Waals surface area contributed by atoms with E-state index in [9.17, 15) is 13.6 Å². The summed E-state index contributed by atoms with van der Waals surface area (Å²) in [6.07, 6.45) is -1.44. The van der Waals surface area contributed by atoms with Gasteiger partial charge in [-0.15, -0.1) is 11.8 Å². The molecule has 0 aromatic heterocycles. The Labute approximate surface area is 138 Å². The molecule has 1 heterocycles. The number of carbonyl (C=O) groups excluding carboxylic acids is 1. The Morgan fingerprint density at radius 3 is 2.52 bits per heavy atom. The molecule has 1 saturated heterocycles. The van der Waals surface area contributed by atoms with Crippen LogP contribution in [0.25, 0.3) is 0 Å². The molecule has 23 heavy (non-hydrogen) atoms. The molecule has 120 valence electrons. The maximum Gasteiger partial charge on any atom is 0.266 e. The molecule has 0 N–H and O–H groups in total. The van der Waals surface area contributed by atoms with Crippen molar-refractivity contribution in [3.05, 3.63) is 59.7 Å². The minimum Gasteiger partial charge on any atom is -0.312 e. The molecular formula is C18H17F2NOS. The number of hydrogen-bond donors (Lipinski definition) is 0. The first-order valence-corrected chi connectivity index (χ1v) is 8.53. The third-order valence-electron chi connectivity index (χ3n) is 3.86. The van der Waals surface area contributed by atoms with E-state index in [1.54, 1.807) is 18.2 Å². The van der Waals surface area contributed by atoms with E-state index < -0.39 is 6.43 Å². The number of anilines is 1. The predicted octanol–water partition coefficient (Wildman–Crippen LogP) is 5.04. The van der Waals surface area contributed by atoms with Gasteiger partial charge in [0.1, 0.15) is 0 Å². The number of carbonyl (C=O) groups is 1. The van der Waals surface area contributed by atoms with E-state index in [-0.39, 0.29) is 11.5 Å². The predicted molar refractivity (Wildman–Crippen MR) is 89.0 cm³/mol. The lowest BCUT2D eigenvalue weighted by atomic mass is 10.1. The molecule has 0 saturated carbocycles. The van der Waals surface area contributed by atoms with Crippen molar-refractivity contribution >= 4 is 23.4 Å². The van der Waals surface area contributed by atoms with Gasteiger partial charge in [-0.05, 0) is 24.1 Å². The summed E-state index contributed by atoms with van der Waals surface area (Å²) in [7, 11) is 0. The number of benzene rings is 2. The average molecular weight is 333 g/mol. The van der Waals surface area contributed by atoms with Crippen LogP contribution in [0.4, 0.5) is 14.5 Å². The first kappa shape index (κ1) is 16.0. The topological polar surface area (TPSA) is 20.3 Å². The van der Waals surface area contributed by atoms with Crippen molar-refractivity contribution in [2.45, 2.75) is 29.9 Å². The molecule has 1 aliphatic heterocycles. The lowest BCUT2D eigenvalue weighted by Gasteiger charge is -2.21. The van der Waals surface area contributed by atoms with Gasteiger partial charge in [0.15, 0.2) is 0 Å². The maximum absolute atomic E-state index is 13.6. The third kappa shape index (κ3) is 3.55. The lowest BCUT2D eigenvalue weighted by molar-refractivity contribution is -0.117. The van der Waals surface area contributed by atoms with Gasteiger partial charge >= 0.3 is 0 Å². The van der Waals surface area contributed by atoms with E-state index in [4.69, 9.17) is 0 Å². The van der Waals surface area contributed by atoms with Crippen LogP contribution in [-0.4, -0.2) is 12.5 Å². The fraction of sp³-hybridized carbons (Fsp3) is 0.278. The third-order valence-corrected chi connectivity index (χ3v) is 5.01. The SMILES string of the molecule is O=C1CCCN1c1cccc(SCc2ccccc2)c1C(F)F. The van der Waals surface area contributed by atoms with Gasteiger partial charge in [-0.1, -0.05) is 36.4 Å². The highest BCUT2D eigenvalue weighted by Crippen LogP contribution is 2.40. The van der Waals surface area contributed by atoms with Gasteiger partial charge in [-0.3, -0.25) is 4.79 Å². The number of amides is 1. The van der Waals surface area contributed by atoms with Crippen LogP contribution >= 0.6 is 11.8 Å². The second-order valence-electron chi connectivity index (χ2n) is 5.41. The van der Waals surface area contributed by atoms with Crippen molar-refractivity contribution < 1.29 is 13.6 Å². The van der Waals surface area contributed by atoms with Crippen molar-refractivity contribution in [1.29, 1.82) is 0 Å². The van der Waals surface area contributed by atoms with Gasteiger partial charge in [-0.2, -0.15) is 0 Å². The van der Waals surface area contributed by atoms with E-state index >= 15 is 0 Å². The number of thioether (sulfide) groups is 1. The second-order valence-corrected chi connectivity index (χ2v) is 6.43. The van der Waals surface area contributed by atoms with Gasteiger partial charge in [0.2, 0.25) is 5.91 Å². The Bertz CT molecular complexity index is 691. The molecule has 1 amide bonds. The van der Waals surface area contributed by atoms with Crippen LogP contribution in [0.3, 0.4) is 0 Å². The Kier molecular flexibility index (Phi) is 4.96. The number of hydrogen-bond acceptors (Lipinski definition) is 2. The Balaban J connectivity index is 1.89. The normalized spacial score (nSPS) is 14.7. The fourth-order valence-corrected chi connectivity index (χ4v) is 3.79. The van der Waals surface area contributed by atoms with E-state index in [0.717, 1.165) is 12.0 Å². The second kappa shape index (κ2) is 7.13. The van der Waals surface area contributed by atoms with Crippen LogP contribution in [0.1, 0.15) is 30.4 Å². The molecule has 0 spiro atoms. The van der Waals surface area contributed by atoms with E-state index in [2.05, 4.69) is 0 Å². The molecule has 2 aromatic rings. The largest absolute Gasteiger partial charge is 0.312 e. The zero-order valence-corrected chi connectivity index (χ0v) is 13.4. The van der Waals surface area contributed by atoms with Gasteiger partial charge in [0, 0.05) is 23.6 Å². The summed E-state index contributed by atoms with van der Waals surface area (Å²) in [6, 6.07) is 14.8. The van der Waals surface area contributed by atoms with Crippen LogP contribution < -0.4 is 4.90 Å². The fourth-order valence-electron chi connectivity index (χ4n) is 2.75. The first-order chi connectivity index (χ1) is 11.2. The molecule has 0 aliphatic carbocycles. The molecule has 2 nitrogen and oxygen atoms in total. The van der Waals surface area contributed by atoms with Crippen LogP contribution in [0.5, 0.6) is 0 Å². The zero-order valence-electron chi connectivity index (χ0n) is 12.5. The number of alkyl halides is 2. The van der Waals surface area contributed by atoms with Crippen molar-refractivity contribution in [3.63, 3.8) is 0 Å². The summed E-state index contributed by atoms with van der Waals surface area (Å²) in [6.45, 7) is 0.519. The standard InChI is InChI=1S/C18H17F2NOS/c19-18(20)17-14(21-11-5-10-16(21)22)8-4-9-15(17)23-12-13-6-2-1-3-7-13/h1-4,6-9,18H,5,10-12H2. The molecule has 1 fully saturated rings. The monoisotopic (exact) mass is 333 g/mol. The minimum atomic E-state index is -2.60. The highest BCUT2D eigenvalue weighted by Gasteiger charge is 2.28. The van der Waals surface area contributed by atoms with Crippen LogP contribution in [0.15, 0.2) is 53.4 Å². The molecule has 0 radical (unpaired) electrons. The molecular weight excluding hydrogens is 316 g/mol. The number of halogens is 2. The Morgan fingerprint density at radius 2 is 1.87 bits per heavy atom. The van der Waals surface area contributed by atoms with Crippen molar-refractivity contribution in [2.75, 3.05) is 11.4 Å². The Morgan fingerprint density at radius 1 is 1.09 bits per heavy atom. The average Bonchev–Trinajstić information content (AvgIpc) is 2.99. The quantitative estimate of drug-likeness (QED) is 0.714. The van der Waals surface area contributed by atoms with Crippen molar-refractivity contribution in [3.8, 4) is 0 Å². The minimum absolute atomic E-state index is 0.0244. The van der Waals surface area contributed by atoms with E-state index in [1.807, 2.05) is 30.3 Å². The van der Waals surface area contributed by atoms with Crippen molar-refractivity contribution in [2.24, 2.45) is 0 Å². The van der Waals surface area contributed by atoms with Crippen molar-refractivity contribution in [1.82, 2.24) is 0 Å². The van der Waals surface area contributed by atoms with E-state index in [1.165, 1.54) is 16.7 Å². The highest BCUT2D eigenvalue weighted by molar-refractivity contribution is 7.98. The van der Waals surface area contributed by atoms with E-state index in [0.29, 0.717) is 29.3 Å². The molecule has 0 bridgehead atoms. The summed E-state index contributed by atoms with van der Waals surface area (Å²) in [5.41, 5.74) is 1.42. The van der Waals surface area contributed by atoms with Gasteiger partial charge < -0.3 is 4.90 Å². The van der Waals surface area contributed by atoms with Gasteiger partial charge in [-0.25, -0.2) is 8.78 Å². The molecule has 1 aliphatic rings. The molecule has 0 unspecified atom stereocenters. The summed E-state index contributed by atoms with van der Waals surface area (Å²) < 4.78 is 27.3. The number of rotatable bonds is 5. The molecule has 3 rings (SSSR count). The first-order valence-electron chi connectivity index (χ1n) is 7.55. The smallest absolute Gasteiger partial charge is 0.266 e. The summed E-state index contributed by atoms with van der Waals surface area (Å²) in [5, 5.41) is 0. The number of nitrogens with zero attached hydrogens (tertiary/aromatic N) is 1. The Hall–Kier alpha value is -1.88. The van der Waals surface area contributed by atoms with Crippen LogP contribution in [0, 0.1) is 0 Å². The zero-order chi connectivity index (χ0) is 16.2. The summed E-state index contributed by atoms with van der Waals surface area (Å²) in [5.74, 6) is 0.551. The molecule has 2 aromatic carbocycles. The highest BCUT2D eigenvalue weighted by atomic mass is 32.2.